The Balaban J connectivity index is 2.26. The fraction of sp³-hybridized carbons (Fsp3) is 0.417. The summed E-state index contributed by atoms with van der Waals surface area (Å²) in [5.74, 6) is 0. The third-order valence-electron chi connectivity index (χ3n) is 2.98. The summed E-state index contributed by atoms with van der Waals surface area (Å²) in [4.78, 5) is 13.3. The average Bonchev–Trinajstić information content (AvgIpc) is 2.75. The SMILES string of the molecule is Nc1ccccc1C(C=O)N1CCCC1. The van der Waals surface area contributed by atoms with Crippen LogP contribution in [0.1, 0.15) is 24.4 Å². The highest BCUT2D eigenvalue weighted by atomic mass is 16.1. The summed E-state index contributed by atoms with van der Waals surface area (Å²) in [6.07, 6.45) is 3.35. The highest BCUT2D eigenvalue weighted by Crippen LogP contribution is 2.26. The van der Waals surface area contributed by atoms with E-state index in [1.807, 2.05) is 24.3 Å². The predicted octanol–water partition coefficient (Wildman–Crippen LogP) is 1.60. The van der Waals surface area contributed by atoms with Crippen molar-refractivity contribution in [2.75, 3.05) is 18.8 Å². The first kappa shape index (κ1) is 10.2. The smallest absolute Gasteiger partial charge is 0.141 e. The lowest BCUT2D eigenvalue weighted by atomic mass is 10.1. The van der Waals surface area contributed by atoms with E-state index < -0.39 is 0 Å². The van der Waals surface area contributed by atoms with Gasteiger partial charge in [-0.2, -0.15) is 0 Å². The van der Waals surface area contributed by atoms with Crippen molar-refractivity contribution in [1.29, 1.82) is 0 Å². The first-order chi connectivity index (χ1) is 7.33. The normalized spacial score (nSPS) is 18.9. The minimum atomic E-state index is -0.159. The molecule has 0 saturated carbocycles. The molecule has 0 aliphatic carbocycles. The molecule has 1 aliphatic rings. The second-order valence-electron chi connectivity index (χ2n) is 3.95. The van der Waals surface area contributed by atoms with Crippen molar-refractivity contribution in [1.82, 2.24) is 4.90 Å². The number of rotatable bonds is 3. The van der Waals surface area contributed by atoms with Gasteiger partial charge in [0.2, 0.25) is 0 Å². The van der Waals surface area contributed by atoms with Gasteiger partial charge in [-0.3, -0.25) is 4.90 Å². The molecule has 15 heavy (non-hydrogen) atoms. The molecule has 3 heteroatoms. The lowest BCUT2D eigenvalue weighted by Gasteiger charge is -2.23. The summed E-state index contributed by atoms with van der Waals surface area (Å²) in [7, 11) is 0. The fourth-order valence-electron chi connectivity index (χ4n) is 2.16. The summed E-state index contributed by atoms with van der Waals surface area (Å²) in [6.45, 7) is 2.00. The zero-order chi connectivity index (χ0) is 10.7. The molecule has 2 N–H and O–H groups in total. The molecule has 1 aliphatic heterocycles. The summed E-state index contributed by atoms with van der Waals surface area (Å²) in [5, 5.41) is 0. The van der Waals surface area contributed by atoms with Gasteiger partial charge in [-0.1, -0.05) is 18.2 Å². The maximum absolute atomic E-state index is 11.1. The van der Waals surface area contributed by atoms with Crippen LogP contribution in [0.4, 0.5) is 5.69 Å². The Morgan fingerprint density at radius 2 is 1.93 bits per heavy atom. The zero-order valence-corrected chi connectivity index (χ0v) is 8.73. The van der Waals surface area contributed by atoms with Crippen molar-refractivity contribution in [3.8, 4) is 0 Å². The molecule has 1 aromatic rings. The van der Waals surface area contributed by atoms with E-state index in [1.54, 1.807) is 0 Å². The second kappa shape index (κ2) is 4.45. The molecule has 0 amide bonds. The van der Waals surface area contributed by atoms with Gasteiger partial charge in [0.1, 0.15) is 6.29 Å². The van der Waals surface area contributed by atoms with Crippen LogP contribution in [0, 0.1) is 0 Å². The van der Waals surface area contributed by atoms with E-state index in [0.29, 0.717) is 5.69 Å². The largest absolute Gasteiger partial charge is 0.398 e. The molecule has 80 valence electrons. The molecular formula is C12H16N2O. The lowest BCUT2D eigenvalue weighted by molar-refractivity contribution is -0.112. The second-order valence-corrected chi connectivity index (χ2v) is 3.95. The Morgan fingerprint density at radius 3 is 2.53 bits per heavy atom. The van der Waals surface area contributed by atoms with Crippen molar-refractivity contribution in [2.24, 2.45) is 0 Å². The van der Waals surface area contributed by atoms with Crippen LogP contribution in [0.5, 0.6) is 0 Å². The number of para-hydroxylation sites is 1. The van der Waals surface area contributed by atoms with Gasteiger partial charge in [-0.05, 0) is 37.6 Å². The summed E-state index contributed by atoms with van der Waals surface area (Å²) < 4.78 is 0. The Labute approximate surface area is 89.9 Å². The van der Waals surface area contributed by atoms with Crippen LogP contribution in [-0.2, 0) is 4.79 Å². The molecule has 1 unspecified atom stereocenters. The van der Waals surface area contributed by atoms with Crippen molar-refractivity contribution in [2.45, 2.75) is 18.9 Å². The van der Waals surface area contributed by atoms with Crippen LogP contribution in [0.3, 0.4) is 0 Å². The maximum Gasteiger partial charge on any atom is 0.141 e. The highest BCUT2D eigenvalue weighted by molar-refractivity contribution is 5.66. The number of carbonyl (C=O) groups excluding carboxylic acids is 1. The molecule has 1 saturated heterocycles. The first-order valence-electron chi connectivity index (χ1n) is 5.36. The quantitative estimate of drug-likeness (QED) is 0.601. The third kappa shape index (κ3) is 2.02. The number of carbonyl (C=O) groups is 1. The minimum absolute atomic E-state index is 0.159. The van der Waals surface area contributed by atoms with Gasteiger partial charge in [0.05, 0.1) is 6.04 Å². The van der Waals surface area contributed by atoms with Crippen LogP contribution in [-0.4, -0.2) is 24.3 Å². The number of nitrogen functional groups attached to an aromatic ring is 1. The molecule has 0 radical (unpaired) electrons. The van der Waals surface area contributed by atoms with Crippen molar-refractivity contribution in [3.63, 3.8) is 0 Å². The highest BCUT2D eigenvalue weighted by Gasteiger charge is 2.23. The van der Waals surface area contributed by atoms with Gasteiger partial charge in [-0.25, -0.2) is 0 Å². The molecule has 1 aromatic carbocycles. The summed E-state index contributed by atoms with van der Waals surface area (Å²) in [6, 6.07) is 7.45. The van der Waals surface area contributed by atoms with Gasteiger partial charge in [0.25, 0.3) is 0 Å². The van der Waals surface area contributed by atoms with E-state index >= 15 is 0 Å². The number of hydrogen-bond acceptors (Lipinski definition) is 3. The van der Waals surface area contributed by atoms with Crippen molar-refractivity contribution < 1.29 is 4.79 Å². The van der Waals surface area contributed by atoms with E-state index in [0.717, 1.165) is 24.9 Å². The topological polar surface area (TPSA) is 46.3 Å². The third-order valence-corrected chi connectivity index (χ3v) is 2.98. The van der Waals surface area contributed by atoms with Crippen molar-refractivity contribution >= 4 is 12.0 Å². The van der Waals surface area contributed by atoms with Gasteiger partial charge in [0.15, 0.2) is 0 Å². The number of hydrogen-bond donors (Lipinski definition) is 1. The fourth-order valence-corrected chi connectivity index (χ4v) is 2.16. The molecule has 1 heterocycles. The Morgan fingerprint density at radius 1 is 1.27 bits per heavy atom. The molecule has 2 rings (SSSR count). The molecule has 3 nitrogen and oxygen atoms in total. The Kier molecular flexibility index (Phi) is 3.02. The number of nitrogens with zero attached hydrogens (tertiary/aromatic N) is 1. The van der Waals surface area contributed by atoms with Gasteiger partial charge >= 0.3 is 0 Å². The number of benzene rings is 1. The van der Waals surface area contributed by atoms with Crippen molar-refractivity contribution in [3.05, 3.63) is 29.8 Å². The summed E-state index contributed by atoms with van der Waals surface area (Å²) >= 11 is 0. The molecule has 0 aromatic heterocycles. The van der Waals surface area contributed by atoms with Crippen LogP contribution in [0.15, 0.2) is 24.3 Å². The van der Waals surface area contributed by atoms with Crippen LogP contribution in [0.2, 0.25) is 0 Å². The number of likely N-dealkylation sites (tertiary alicyclic amines) is 1. The molecule has 1 fully saturated rings. The monoisotopic (exact) mass is 204 g/mol. The van der Waals surface area contributed by atoms with E-state index in [-0.39, 0.29) is 6.04 Å². The molecular weight excluding hydrogens is 188 g/mol. The van der Waals surface area contributed by atoms with E-state index in [4.69, 9.17) is 5.73 Å². The van der Waals surface area contributed by atoms with Gasteiger partial charge < -0.3 is 10.5 Å². The van der Waals surface area contributed by atoms with Gasteiger partial charge in [-0.15, -0.1) is 0 Å². The van der Waals surface area contributed by atoms with Crippen LogP contribution < -0.4 is 5.73 Å². The van der Waals surface area contributed by atoms with Crippen LogP contribution in [0.25, 0.3) is 0 Å². The number of nitrogens with two attached hydrogens (primary N) is 1. The van der Waals surface area contributed by atoms with E-state index in [1.165, 1.54) is 12.8 Å². The minimum Gasteiger partial charge on any atom is -0.398 e. The van der Waals surface area contributed by atoms with Crippen LogP contribution >= 0.6 is 0 Å². The summed E-state index contributed by atoms with van der Waals surface area (Å²) in [5.41, 5.74) is 7.53. The zero-order valence-electron chi connectivity index (χ0n) is 8.73. The molecule has 0 spiro atoms. The molecule has 1 atom stereocenters. The number of anilines is 1. The standard InChI is InChI=1S/C12H16N2O/c13-11-6-2-1-5-10(11)12(9-15)14-7-3-4-8-14/h1-2,5-6,9,12H,3-4,7-8,13H2. The average molecular weight is 204 g/mol. The van der Waals surface area contributed by atoms with Gasteiger partial charge in [0, 0.05) is 5.69 Å². The van der Waals surface area contributed by atoms with E-state index in [2.05, 4.69) is 4.90 Å². The number of aldehydes is 1. The Hall–Kier alpha value is -1.35. The Bertz CT molecular complexity index is 345. The lowest BCUT2D eigenvalue weighted by Crippen LogP contribution is -2.27. The maximum atomic E-state index is 11.1. The molecule has 0 bridgehead atoms. The predicted molar refractivity (Wildman–Crippen MR) is 60.5 cm³/mol. The first-order valence-corrected chi connectivity index (χ1v) is 5.36. The van der Waals surface area contributed by atoms with E-state index in [9.17, 15) is 4.79 Å².